The van der Waals surface area contributed by atoms with E-state index in [1.165, 1.54) is 36.3 Å². The Hall–Kier alpha value is -1.59. The van der Waals surface area contributed by atoms with Crippen LogP contribution in [0.2, 0.25) is 0 Å². The fourth-order valence-corrected chi connectivity index (χ4v) is 9.39. The quantitative estimate of drug-likeness (QED) is 0.573. The van der Waals surface area contributed by atoms with Gasteiger partial charge in [-0.15, -0.1) is 23.5 Å². The van der Waals surface area contributed by atoms with Gasteiger partial charge in [0.1, 0.15) is 5.75 Å². The van der Waals surface area contributed by atoms with Crippen LogP contribution in [0.15, 0.2) is 48.5 Å². The first kappa shape index (κ1) is 20.3. The van der Waals surface area contributed by atoms with Crippen molar-refractivity contribution in [2.45, 2.75) is 43.1 Å². The van der Waals surface area contributed by atoms with Gasteiger partial charge in [0.2, 0.25) is 5.91 Å². The topological polar surface area (TPSA) is 38.3 Å². The van der Waals surface area contributed by atoms with Gasteiger partial charge in [-0.2, -0.15) is 0 Å². The standard InChI is InChI=1S/C25H29NO2S2/c1-17-9-11-21(12-10-17)28-23-8-3-2-7-22(23)26-24(27)18-15-19-5-4-6-20(16-18)25(19)29-13-14-30-25/h2-3,7-12,18-20H,4-6,13-16H2,1H3,(H,26,27). The van der Waals surface area contributed by atoms with Crippen molar-refractivity contribution >= 4 is 35.1 Å². The van der Waals surface area contributed by atoms with Gasteiger partial charge in [0.15, 0.2) is 5.75 Å². The normalized spacial score (nSPS) is 27.0. The molecule has 3 fully saturated rings. The summed E-state index contributed by atoms with van der Waals surface area (Å²) in [4.78, 5) is 13.3. The molecule has 2 saturated carbocycles. The second kappa shape index (κ2) is 8.51. The van der Waals surface area contributed by atoms with Crippen molar-refractivity contribution in [2.75, 3.05) is 16.8 Å². The third-order valence-corrected chi connectivity index (χ3v) is 10.9. The minimum Gasteiger partial charge on any atom is -0.455 e. The highest BCUT2D eigenvalue weighted by Gasteiger charge is 2.55. The Labute approximate surface area is 187 Å². The van der Waals surface area contributed by atoms with Crippen molar-refractivity contribution in [1.29, 1.82) is 0 Å². The van der Waals surface area contributed by atoms with Crippen LogP contribution in [0.25, 0.3) is 0 Å². The van der Waals surface area contributed by atoms with E-state index < -0.39 is 0 Å². The Morgan fingerprint density at radius 1 is 1.00 bits per heavy atom. The molecule has 1 spiro atoms. The molecule has 2 unspecified atom stereocenters. The average molecular weight is 440 g/mol. The number of carbonyl (C=O) groups excluding carboxylic acids is 1. The molecule has 2 aromatic rings. The first-order chi connectivity index (χ1) is 14.6. The minimum absolute atomic E-state index is 0.111. The molecule has 0 aromatic heterocycles. The van der Waals surface area contributed by atoms with E-state index in [2.05, 4.69) is 35.8 Å². The highest BCUT2D eigenvalue weighted by Crippen LogP contribution is 2.64. The van der Waals surface area contributed by atoms with Crippen molar-refractivity contribution in [3.63, 3.8) is 0 Å². The smallest absolute Gasteiger partial charge is 0.227 e. The van der Waals surface area contributed by atoms with Crippen molar-refractivity contribution < 1.29 is 9.53 Å². The molecule has 1 N–H and O–H groups in total. The third-order valence-electron chi connectivity index (χ3n) is 6.88. The van der Waals surface area contributed by atoms with Crippen molar-refractivity contribution in [3.8, 4) is 11.5 Å². The van der Waals surface area contributed by atoms with Crippen LogP contribution >= 0.6 is 23.5 Å². The molecular formula is C25H29NO2S2. The summed E-state index contributed by atoms with van der Waals surface area (Å²) in [6, 6.07) is 15.8. The monoisotopic (exact) mass is 439 g/mol. The molecular weight excluding hydrogens is 410 g/mol. The molecule has 3 nitrogen and oxygen atoms in total. The maximum atomic E-state index is 13.3. The molecule has 2 aliphatic carbocycles. The Morgan fingerprint density at radius 2 is 1.67 bits per heavy atom. The van der Waals surface area contributed by atoms with Gasteiger partial charge in [0.05, 0.1) is 9.77 Å². The number of rotatable bonds is 4. The Bertz CT molecular complexity index is 892. The lowest BCUT2D eigenvalue weighted by atomic mass is 9.67. The van der Waals surface area contributed by atoms with Crippen LogP contribution < -0.4 is 10.1 Å². The molecule has 158 valence electrons. The van der Waals surface area contributed by atoms with Crippen LogP contribution in [0.4, 0.5) is 5.69 Å². The fraction of sp³-hybridized carbons (Fsp3) is 0.480. The first-order valence-corrected chi connectivity index (χ1v) is 13.0. The maximum absolute atomic E-state index is 13.3. The van der Waals surface area contributed by atoms with Crippen LogP contribution in [-0.4, -0.2) is 21.5 Å². The molecule has 30 heavy (non-hydrogen) atoms. The van der Waals surface area contributed by atoms with Gasteiger partial charge < -0.3 is 10.1 Å². The zero-order chi connectivity index (χ0) is 20.6. The van der Waals surface area contributed by atoms with Gasteiger partial charge in [-0.3, -0.25) is 4.79 Å². The van der Waals surface area contributed by atoms with Gasteiger partial charge >= 0.3 is 0 Å². The molecule has 1 heterocycles. The average Bonchev–Trinajstić information content (AvgIpc) is 3.20. The summed E-state index contributed by atoms with van der Waals surface area (Å²) < 4.78 is 6.49. The minimum atomic E-state index is 0.111. The first-order valence-electron chi connectivity index (χ1n) is 11.1. The van der Waals surface area contributed by atoms with E-state index in [-0.39, 0.29) is 11.8 Å². The molecule has 2 bridgehead atoms. The number of hydrogen-bond acceptors (Lipinski definition) is 4. The van der Waals surface area contributed by atoms with Gasteiger partial charge in [-0.05, 0) is 68.7 Å². The van der Waals surface area contributed by atoms with E-state index in [0.717, 1.165) is 24.3 Å². The molecule has 3 aliphatic rings. The summed E-state index contributed by atoms with van der Waals surface area (Å²) in [5.41, 5.74) is 1.96. The van der Waals surface area contributed by atoms with Crippen molar-refractivity contribution in [2.24, 2.45) is 17.8 Å². The van der Waals surface area contributed by atoms with Crippen LogP contribution in [0, 0.1) is 24.7 Å². The van der Waals surface area contributed by atoms with Gasteiger partial charge in [-0.1, -0.05) is 36.2 Å². The highest BCUT2D eigenvalue weighted by molar-refractivity contribution is 8.21. The molecule has 2 aromatic carbocycles. The zero-order valence-corrected chi connectivity index (χ0v) is 19.1. The summed E-state index contributed by atoms with van der Waals surface area (Å²) in [7, 11) is 0. The Morgan fingerprint density at radius 3 is 2.37 bits per heavy atom. The molecule has 5 heteroatoms. The van der Waals surface area contributed by atoms with Crippen LogP contribution in [0.5, 0.6) is 11.5 Å². The molecule has 5 rings (SSSR count). The lowest BCUT2D eigenvalue weighted by Crippen LogP contribution is -2.48. The van der Waals surface area contributed by atoms with E-state index in [4.69, 9.17) is 4.74 Å². The lowest BCUT2D eigenvalue weighted by Gasteiger charge is -2.52. The molecule has 1 amide bonds. The lowest BCUT2D eigenvalue weighted by molar-refractivity contribution is -0.122. The number of carbonyl (C=O) groups is 1. The molecule has 0 radical (unpaired) electrons. The number of para-hydroxylation sites is 2. The number of hydrogen-bond donors (Lipinski definition) is 1. The number of anilines is 1. The van der Waals surface area contributed by atoms with E-state index in [9.17, 15) is 4.79 Å². The zero-order valence-electron chi connectivity index (χ0n) is 17.4. The highest BCUT2D eigenvalue weighted by atomic mass is 32.2. The van der Waals surface area contributed by atoms with Crippen molar-refractivity contribution in [3.05, 3.63) is 54.1 Å². The van der Waals surface area contributed by atoms with E-state index in [0.29, 0.717) is 21.7 Å². The predicted octanol–water partition coefficient (Wildman–Crippen LogP) is 6.73. The summed E-state index contributed by atoms with van der Waals surface area (Å²) >= 11 is 4.38. The number of aryl methyl sites for hydroxylation is 1. The van der Waals surface area contributed by atoms with Crippen LogP contribution in [-0.2, 0) is 4.79 Å². The predicted molar refractivity (Wildman–Crippen MR) is 128 cm³/mol. The second-order valence-electron chi connectivity index (χ2n) is 8.81. The number of nitrogens with one attached hydrogen (secondary N) is 1. The number of amides is 1. The summed E-state index contributed by atoms with van der Waals surface area (Å²) in [5, 5.41) is 3.20. The van der Waals surface area contributed by atoms with Gasteiger partial charge in [-0.25, -0.2) is 0 Å². The van der Waals surface area contributed by atoms with Gasteiger partial charge in [0.25, 0.3) is 0 Å². The third kappa shape index (κ3) is 3.87. The summed E-state index contributed by atoms with van der Waals surface area (Å²) in [6.07, 6.45) is 5.97. The SMILES string of the molecule is Cc1ccc(Oc2ccccc2NC(=O)C2CC3CCCC(C2)C32SCCS2)cc1. The van der Waals surface area contributed by atoms with Crippen molar-refractivity contribution in [1.82, 2.24) is 0 Å². The van der Waals surface area contributed by atoms with Crippen LogP contribution in [0.3, 0.4) is 0 Å². The number of thioether (sulfide) groups is 2. The van der Waals surface area contributed by atoms with Crippen LogP contribution in [0.1, 0.15) is 37.7 Å². The number of ether oxygens (including phenoxy) is 1. The Kier molecular flexibility index (Phi) is 5.76. The molecule has 1 saturated heterocycles. The van der Waals surface area contributed by atoms with Gasteiger partial charge in [0, 0.05) is 17.4 Å². The number of benzene rings is 2. The Balaban J connectivity index is 1.30. The largest absolute Gasteiger partial charge is 0.455 e. The second-order valence-corrected chi connectivity index (χ2v) is 11.8. The summed E-state index contributed by atoms with van der Waals surface area (Å²) in [5.74, 6) is 5.66. The van der Waals surface area contributed by atoms with E-state index in [1.54, 1.807) is 0 Å². The van der Waals surface area contributed by atoms with E-state index >= 15 is 0 Å². The summed E-state index contributed by atoms with van der Waals surface area (Å²) in [6.45, 7) is 2.06. The molecule has 1 aliphatic heterocycles. The fourth-order valence-electron chi connectivity index (χ4n) is 5.45. The molecule has 2 atom stereocenters. The van der Waals surface area contributed by atoms with E-state index in [1.807, 2.05) is 48.5 Å². The maximum Gasteiger partial charge on any atom is 0.227 e.